The summed E-state index contributed by atoms with van der Waals surface area (Å²) in [6.07, 6.45) is 1.49. The summed E-state index contributed by atoms with van der Waals surface area (Å²) in [6, 6.07) is 7.35. The van der Waals surface area contributed by atoms with Crippen LogP contribution in [0.2, 0.25) is 0 Å². The average Bonchev–Trinajstić information content (AvgIpc) is 2.91. The number of benzene rings is 1. The van der Waals surface area contributed by atoms with Gasteiger partial charge in [0, 0.05) is 4.88 Å². The van der Waals surface area contributed by atoms with Crippen molar-refractivity contribution in [1.82, 2.24) is 15.4 Å². The quantitative estimate of drug-likeness (QED) is 0.504. The summed E-state index contributed by atoms with van der Waals surface area (Å²) in [5.74, 6) is 0.746. The predicted molar refractivity (Wildman–Crippen MR) is 107 cm³/mol. The number of ether oxygens (including phenoxy) is 1. The molecule has 0 aliphatic heterocycles. The molecule has 0 saturated heterocycles. The summed E-state index contributed by atoms with van der Waals surface area (Å²) in [7, 11) is 0. The number of aromatic nitrogens is 2. The van der Waals surface area contributed by atoms with Crippen LogP contribution in [0.3, 0.4) is 0 Å². The first-order valence-corrected chi connectivity index (χ1v) is 9.33. The van der Waals surface area contributed by atoms with Gasteiger partial charge in [0.25, 0.3) is 5.56 Å². The third kappa shape index (κ3) is 4.40. The van der Waals surface area contributed by atoms with Crippen molar-refractivity contribution in [1.29, 1.82) is 0 Å². The number of hydrogen-bond donors (Lipinski definition) is 2. The Morgan fingerprint density at radius 3 is 2.78 bits per heavy atom. The van der Waals surface area contributed by atoms with Crippen LogP contribution in [0.25, 0.3) is 10.2 Å². The zero-order chi connectivity index (χ0) is 19.4. The van der Waals surface area contributed by atoms with Crippen LogP contribution in [0.5, 0.6) is 5.75 Å². The summed E-state index contributed by atoms with van der Waals surface area (Å²) >= 11 is 1.45. The summed E-state index contributed by atoms with van der Waals surface area (Å²) in [5, 5.41) is 4.53. The van der Waals surface area contributed by atoms with Gasteiger partial charge in [-0.15, -0.1) is 11.3 Å². The fraction of sp³-hybridized carbons (Fsp3) is 0.263. The van der Waals surface area contributed by atoms with E-state index in [4.69, 9.17) is 4.74 Å². The van der Waals surface area contributed by atoms with Crippen molar-refractivity contribution in [2.45, 2.75) is 27.2 Å². The number of carbonyl (C=O) groups is 1. The molecule has 1 amide bonds. The van der Waals surface area contributed by atoms with E-state index < -0.39 is 0 Å². The first kappa shape index (κ1) is 18.8. The zero-order valence-corrected chi connectivity index (χ0v) is 16.1. The smallest absolute Gasteiger partial charge is 0.259 e. The maximum Gasteiger partial charge on any atom is 0.259 e. The maximum atomic E-state index is 12.2. The topological polar surface area (TPSA) is 96.4 Å². The minimum Gasteiger partial charge on any atom is -0.494 e. The summed E-state index contributed by atoms with van der Waals surface area (Å²) in [6.45, 7) is 6.37. The molecule has 3 rings (SSSR count). The number of nitrogens with one attached hydrogen (secondary N) is 2. The Bertz CT molecular complexity index is 1050. The van der Waals surface area contributed by atoms with Gasteiger partial charge in [-0.1, -0.05) is 0 Å². The molecule has 0 spiro atoms. The lowest BCUT2D eigenvalue weighted by Crippen LogP contribution is -2.23. The molecule has 3 aromatic rings. The van der Waals surface area contributed by atoms with Gasteiger partial charge in [-0.05, 0) is 56.2 Å². The van der Waals surface area contributed by atoms with Gasteiger partial charge in [0.2, 0.25) is 5.91 Å². The van der Waals surface area contributed by atoms with Gasteiger partial charge in [-0.3, -0.25) is 9.59 Å². The molecule has 0 saturated carbocycles. The molecule has 2 heterocycles. The van der Waals surface area contributed by atoms with Crippen LogP contribution in [-0.2, 0) is 11.2 Å². The number of thiophene rings is 1. The molecule has 0 radical (unpaired) electrons. The molecule has 2 aromatic heterocycles. The maximum absolute atomic E-state index is 12.2. The van der Waals surface area contributed by atoms with Crippen LogP contribution in [0.4, 0.5) is 0 Å². The van der Waals surface area contributed by atoms with Crippen LogP contribution < -0.4 is 15.7 Å². The molecular formula is C19H20N4O3S. The lowest BCUT2D eigenvalue weighted by atomic mass is 10.2. The summed E-state index contributed by atoms with van der Waals surface area (Å²) < 4.78 is 5.37. The van der Waals surface area contributed by atoms with Gasteiger partial charge in [0.15, 0.2) is 0 Å². The van der Waals surface area contributed by atoms with Crippen LogP contribution in [-0.4, -0.2) is 28.7 Å². The highest BCUT2D eigenvalue weighted by Crippen LogP contribution is 2.25. The van der Waals surface area contributed by atoms with E-state index >= 15 is 0 Å². The van der Waals surface area contributed by atoms with E-state index in [1.165, 1.54) is 11.3 Å². The van der Waals surface area contributed by atoms with Crippen molar-refractivity contribution >= 4 is 33.7 Å². The van der Waals surface area contributed by atoms with Crippen molar-refractivity contribution in [2.75, 3.05) is 6.61 Å². The molecular weight excluding hydrogens is 364 g/mol. The normalized spacial score (nSPS) is 11.2. The Balaban J connectivity index is 1.64. The third-order valence-electron chi connectivity index (χ3n) is 4.01. The van der Waals surface area contributed by atoms with E-state index in [9.17, 15) is 9.59 Å². The second kappa shape index (κ2) is 8.13. The number of carbonyl (C=O) groups excluding carboxylic acids is 1. The Hall–Kier alpha value is -3.00. The number of hydrogen-bond acceptors (Lipinski definition) is 6. The molecule has 27 heavy (non-hydrogen) atoms. The van der Waals surface area contributed by atoms with Gasteiger partial charge in [-0.2, -0.15) is 5.10 Å². The predicted octanol–water partition coefficient (Wildman–Crippen LogP) is 2.69. The molecule has 0 fully saturated rings. The third-order valence-corrected chi connectivity index (χ3v) is 5.11. The molecule has 0 aliphatic rings. The standard InChI is InChI=1S/C19H20N4O3S/c1-4-26-14-7-5-13(6-8-14)10-20-23-16(24)9-15-21-18(25)17-11(2)12(3)27-19(17)22-15/h5-8,10H,4,9H2,1-3H3,(H,23,24)(H,21,22,25)/b20-10+. The van der Waals surface area contributed by atoms with Gasteiger partial charge < -0.3 is 9.72 Å². The Morgan fingerprint density at radius 2 is 2.07 bits per heavy atom. The monoisotopic (exact) mass is 384 g/mol. The molecule has 0 aliphatic carbocycles. The number of fused-ring (bicyclic) bond motifs is 1. The molecule has 0 atom stereocenters. The average molecular weight is 384 g/mol. The summed E-state index contributed by atoms with van der Waals surface area (Å²) in [4.78, 5) is 33.0. The molecule has 8 heteroatoms. The van der Waals surface area contributed by atoms with E-state index in [-0.39, 0.29) is 17.9 Å². The highest BCUT2D eigenvalue weighted by Gasteiger charge is 2.13. The van der Waals surface area contributed by atoms with Crippen LogP contribution >= 0.6 is 11.3 Å². The van der Waals surface area contributed by atoms with E-state index in [0.29, 0.717) is 22.6 Å². The largest absolute Gasteiger partial charge is 0.494 e. The second-order valence-corrected chi connectivity index (χ2v) is 7.15. The SMILES string of the molecule is CCOc1ccc(/C=N/NC(=O)Cc2nc3sc(C)c(C)c3c(=O)[nH]2)cc1. The Kier molecular flexibility index (Phi) is 5.66. The summed E-state index contributed by atoms with van der Waals surface area (Å²) in [5.41, 5.74) is 3.98. The van der Waals surface area contributed by atoms with Crippen molar-refractivity contribution in [2.24, 2.45) is 5.10 Å². The highest BCUT2D eigenvalue weighted by atomic mass is 32.1. The molecule has 2 N–H and O–H groups in total. The number of nitrogens with zero attached hydrogens (tertiary/aromatic N) is 2. The van der Waals surface area contributed by atoms with E-state index in [1.54, 1.807) is 6.21 Å². The lowest BCUT2D eigenvalue weighted by Gasteiger charge is -2.02. The molecule has 140 valence electrons. The van der Waals surface area contributed by atoms with Gasteiger partial charge in [-0.25, -0.2) is 10.4 Å². The van der Waals surface area contributed by atoms with Crippen LogP contribution in [0, 0.1) is 13.8 Å². The molecule has 1 aromatic carbocycles. The van der Waals surface area contributed by atoms with Gasteiger partial charge in [0.1, 0.15) is 16.4 Å². The van der Waals surface area contributed by atoms with Gasteiger partial charge >= 0.3 is 0 Å². The molecule has 7 nitrogen and oxygen atoms in total. The van der Waals surface area contributed by atoms with Crippen molar-refractivity contribution in [3.63, 3.8) is 0 Å². The number of amides is 1. The van der Waals surface area contributed by atoms with Crippen LogP contribution in [0.15, 0.2) is 34.2 Å². The fourth-order valence-corrected chi connectivity index (χ4v) is 3.62. The number of aryl methyl sites for hydroxylation is 2. The van der Waals surface area contributed by atoms with Gasteiger partial charge in [0.05, 0.1) is 24.6 Å². The Morgan fingerprint density at radius 1 is 1.33 bits per heavy atom. The number of aromatic amines is 1. The zero-order valence-electron chi connectivity index (χ0n) is 15.3. The van der Waals surface area contributed by atoms with E-state index in [1.807, 2.05) is 45.0 Å². The molecule has 0 bridgehead atoms. The highest BCUT2D eigenvalue weighted by molar-refractivity contribution is 7.18. The van der Waals surface area contributed by atoms with Crippen molar-refractivity contribution in [3.8, 4) is 5.75 Å². The van der Waals surface area contributed by atoms with Crippen LogP contribution in [0.1, 0.15) is 28.8 Å². The fourth-order valence-electron chi connectivity index (χ4n) is 2.57. The minimum atomic E-state index is -0.357. The second-order valence-electron chi connectivity index (χ2n) is 5.95. The minimum absolute atomic E-state index is 0.0538. The van der Waals surface area contributed by atoms with E-state index in [0.717, 1.165) is 21.8 Å². The first-order chi connectivity index (χ1) is 13.0. The Labute approximate surface area is 160 Å². The molecule has 0 unspecified atom stereocenters. The lowest BCUT2D eigenvalue weighted by molar-refractivity contribution is -0.120. The van der Waals surface area contributed by atoms with Crippen molar-refractivity contribution in [3.05, 3.63) is 56.4 Å². The number of H-pyrrole nitrogens is 1. The number of rotatable bonds is 6. The number of hydrazone groups is 1. The van der Waals surface area contributed by atoms with Crippen molar-refractivity contribution < 1.29 is 9.53 Å². The van der Waals surface area contributed by atoms with E-state index in [2.05, 4.69) is 20.5 Å². The first-order valence-electron chi connectivity index (χ1n) is 8.51.